The second kappa shape index (κ2) is 5.96. The third-order valence-electron chi connectivity index (χ3n) is 4.36. The van der Waals surface area contributed by atoms with Gasteiger partial charge in [-0.3, -0.25) is 9.58 Å². The van der Waals surface area contributed by atoms with Crippen molar-refractivity contribution in [2.45, 2.75) is 25.9 Å². The largest absolute Gasteiger partial charge is 0.338 e. The zero-order valence-electron chi connectivity index (χ0n) is 13.1. The van der Waals surface area contributed by atoms with Gasteiger partial charge in [0.25, 0.3) is 0 Å². The first kappa shape index (κ1) is 14.1. The fourth-order valence-electron chi connectivity index (χ4n) is 3.11. The number of hydrogen-bond acceptors (Lipinski definition) is 5. The number of hydrogen-bond donors (Lipinski definition) is 0. The molecule has 3 heterocycles. The molecule has 0 amide bonds. The molecule has 1 aliphatic rings. The van der Waals surface area contributed by atoms with Gasteiger partial charge in [0, 0.05) is 31.0 Å². The van der Waals surface area contributed by atoms with Crippen molar-refractivity contribution in [2.24, 2.45) is 0 Å². The molecule has 0 radical (unpaired) electrons. The molecule has 6 heteroatoms. The molecule has 1 saturated heterocycles. The minimum Gasteiger partial charge on any atom is -0.338 e. The van der Waals surface area contributed by atoms with Crippen LogP contribution >= 0.6 is 0 Å². The van der Waals surface area contributed by atoms with Gasteiger partial charge in [-0.1, -0.05) is 29.4 Å². The van der Waals surface area contributed by atoms with Crippen molar-refractivity contribution in [1.82, 2.24) is 24.8 Å². The molecular formula is C17H19N5O. The Morgan fingerprint density at radius 2 is 2.17 bits per heavy atom. The number of aromatic nitrogens is 4. The summed E-state index contributed by atoms with van der Waals surface area (Å²) in [5.41, 5.74) is 2.18. The Labute approximate surface area is 134 Å². The first-order chi connectivity index (χ1) is 11.3. The fraction of sp³-hybridized carbons (Fsp3) is 0.353. The van der Waals surface area contributed by atoms with Crippen molar-refractivity contribution in [1.29, 1.82) is 0 Å². The summed E-state index contributed by atoms with van der Waals surface area (Å²) in [6.45, 7) is 4.73. The Bertz CT molecular complexity index is 780. The molecule has 0 spiro atoms. The Morgan fingerprint density at radius 3 is 3.00 bits per heavy atom. The lowest BCUT2D eigenvalue weighted by molar-refractivity contribution is 0.258. The molecule has 1 atom stereocenters. The van der Waals surface area contributed by atoms with E-state index >= 15 is 0 Å². The molecule has 0 saturated carbocycles. The van der Waals surface area contributed by atoms with Crippen LogP contribution in [-0.2, 0) is 6.54 Å². The summed E-state index contributed by atoms with van der Waals surface area (Å²) in [6, 6.07) is 10.5. The van der Waals surface area contributed by atoms with Crippen LogP contribution in [0, 0.1) is 6.92 Å². The van der Waals surface area contributed by atoms with Gasteiger partial charge >= 0.3 is 0 Å². The number of aryl methyl sites for hydroxylation is 1. The lowest BCUT2D eigenvalue weighted by Crippen LogP contribution is -2.21. The average molecular weight is 309 g/mol. The summed E-state index contributed by atoms with van der Waals surface area (Å²) in [4.78, 5) is 6.89. The van der Waals surface area contributed by atoms with Gasteiger partial charge in [0.15, 0.2) is 0 Å². The van der Waals surface area contributed by atoms with Crippen LogP contribution in [0.3, 0.4) is 0 Å². The van der Waals surface area contributed by atoms with Gasteiger partial charge in [0.2, 0.25) is 11.7 Å². The lowest BCUT2D eigenvalue weighted by Gasteiger charge is -2.13. The molecular weight excluding hydrogens is 290 g/mol. The van der Waals surface area contributed by atoms with Crippen molar-refractivity contribution in [2.75, 3.05) is 13.1 Å². The monoisotopic (exact) mass is 309 g/mol. The van der Waals surface area contributed by atoms with Gasteiger partial charge in [-0.15, -0.1) is 0 Å². The maximum atomic E-state index is 5.44. The molecule has 3 aromatic rings. The molecule has 6 nitrogen and oxygen atoms in total. The number of nitrogens with zero attached hydrogens (tertiary/aromatic N) is 5. The topological polar surface area (TPSA) is 60.0 Å². The van der Waals surface area contributed by atoms with E-state index in [1.165, 1.54) is 0 Å². The molecule has 2 aromatic heterocycles. The minimum absolute atomic E-state index is 0.434. The highest BCUT2D eigenvalue weighted by Gasteiger charge is 2.25. The van der Waals surface area contributed by atoms with Crippen LogP contribution in [0.5, 0.6) is 0 Å². The predicted octanol–water partition coefficient (Wildman–Crippen LogP) is 2.69. The average Bonchev–Trinajstić information content (AvgIpc) is 3.29. The number of rotatable bonds is 4. The molecule has 4 rings (SSSR count). The normalized spacial score (nSPS) is 18.6. The van der Waals surface area contributed by atoms with Crippen molar-refractivity contribution in [3.05, 3.63) is 54.2 Å². The van der Waals surface area contributed by atoms with E-state index in [0.717, 1.165) is 30.6 Å². The van der Waals surface area contributed by atoms with E-state index in [-0.39, 0.29) is 0 Å². The third-order valence-corrected chi connectivity index (χ3v) is 4.36. The molecule has 1 aromatic carbocycles. The second-order valence-electron chi connectivity index (χ2n) is 5.99. The Morgan fingerprint density at radius 1 is 1.26 bits per heavy atom. The zero-order valence-corrected chi connectivity index (χ0v) is 13.1. The standard InChI is InChI=1S/C17H19N5O/c1-13-5-2-3-6-15(13)17-19-16(23-20-17)12-21-10-7-14(11-21)22-9-4-8-18-22/h2-6,8-9,14H,7,10-12H2,1H3. The maximum absolute atomic E-state index is 5.44. The van der Waals surface area contributed by atoms with Crippen molar-refractivity contribution in [3.63, 3.8) is 0 Å². The molecule has 23 heavy (non-hydrogen) atoms. The number of benzene rings is 1. The quantitative estimate of drug-likeness (QED) is 0.741. The second-order valence-corrected chi connectivity index (χ2v) is 5.99. The Hall–Kier alpha value is -2.47. The van der Waals surface area contributed by atoms with Crippen LogP contribution in [0.1, 0.15) is 23.9 Å². The molecule has 1 fully saturated rings. The van der Waals surface area contributed by atoms with Gasteiger partial charge in [0.05, 0.1) is 12.6 Å². The Kier molecular flexibility index (Phi) is 3.67. The maximum Gasteiger partial charge on any atom is 0.241 e. The van der Waals surface area contributed by atoms with Crippen molar-refractivity contribution < 1.29 is 4.52 Å². The zero-order chi connectivity index (χ0) is 15.6. The van der Waals surface area contributed by atoms with Gasteiger partial charge in [-0.2, -0.15) is 10.1 Å². The minimum atomic E-state index is 0.434. The first-order valence-corrected chi connectivity index (χ1v) is 7.89. The van der Waals surface area contributed by atoms with E-state index in [9.17, 15) is 0 Å². The van der Waals surface area contributed by atoms with Crippen LogP contribution in [0.25, 0.3) is 11.4 Å². The highest BCUT2D eigenvalue weighted by Crippen LogP contribution is 2.24. The van der Waals surface area contributed by atoms with Gasteiger partial charge in [0.1, 0.15) is 0 Å². The molecule has 0 bridgehead atoms. The molecule has 118 valence electrons. The summed E-state index contributed by atoms with van der Waals surface area (Å²) >= 11 is 0. The lowest BCUT2D eigenvalue weighted by atomic mass is 10.1. The van der Waals surface area contributed by atoms with Crippen molar-refractivity contribution in [3.8, 4) is 11.4 Å². The van der Waals surface area contributed by atoms with Crippen LogP contribution in [0.2, 0.25) is 0 Å². The van der Waals surface area contributed by atoms with Gasteiger partial charge in [-0.25, -0.2) is 0 Å². The van der Waals surface area contributed by atoms with E-state index in [1.54, 1.807) is 0 Å². The molecule has 0 N–H and O–H groups in total. The van der Waals surface area contributed by atoms with E-state index < -0.39 is 0 Å². The smallest absolute Gasteiger partial charge is 0.241 e. The van der Waals surface area contributed by atoms with Gasteiger partial charge in [-0.05, 0) is 25.0 Å². The molecule has 1 unspecified atom stereocenters. The SMILES string of the molecule is Cc1ccccc1-c1noc(CN2CCC(n3cccn3)C2)n1. The number of likely N-dealkylation sites (tertiary alicyclic amines) is 1. The highest BCUT2D eigenvalue weighted by atomic mass is 16.5. The van der Waals surface area contributed by atoms with Crippen LogP contribution in [0.4, 0.5) is 0 Å². The van der Waals surface area contributed by atoms with Crippen LogP contribution in [-0.4, -0.2) is 37.9 Å². The van der Waals surface area contributed by atoms with Gasteiger partial charge < -0.3 is 4.52 Å². The Balaban J connectivity index is 1.44. The van der Waals surface area contributed by atoms with E-state index in [2.05, 4.69) is 33.1 Å². The third kappa shape index (κ3) is 2.90. The first-order valence-electron chi connectivity index (χ1n) is 7.89. The van der Waals surface area contributed by atoms with Crippen LogP contribution < -0.4 is 0 Å². The predicted molar refractivity (Wildman–Crippen MR) is 85.6 cm³/mol. The molecule has 0 aliphatic carbocycles. The van der Waals surface area contributed by atoms with E-state index in [4.69, 9.17) is 4.52 Å². The van der Waals surface area contributed by atoms with Crippen molar-refractivity contribution >= 4 is 0 Å². The van der Waals surface area contributed by atoms with E-state index in [0.29, 0.717) is 24.3 Å². The summed E-state index contributed by atoms with van der Waals surface area (Å²) in [5.74, 6) is 1.34. The fourth-order valence-corrected chi connectivity index (χ4v) is 3.11. The summed E-state index contributed by atoms with van der Waals surface area (Å²) in [5, 5.41) is 8.46. The molecule has 1 aliphatic heterocycles. The summed E-state index contributed by atoms with van der Waals surface area (Å²) in [6.07, 6.45) is 4.95. The summed E-state index contributed by atoms with van der Waals surface area (Å²) in [7, 11) is 0. The highest BCUT2D eigenvalue weighted by molar-refractivity contribution is 5.58. The van der Waals surface area contributed by atoms with Crippen LogP contribution in [0.15, 0.2) is 47.2 Å². The summed E-state index contributed by atoms with van der Waals surface area (Å²) < 4.78 is 7.47. The van der Waals surface area contributed by atoms with E-state index in [1.807, 2.05) is 41.3 Å².